The molecule has 1 amide bonds. The van der Waals surface area contributed by atoms with E-state index in [1.165, 1.54) is 6.33 Å². The number of unbranched alkanes of at least 4 members (excludes halogenated alkanes) is 1. The van der Waals surface area contributed by atoms with Gasteiger partial charge in [-0.1, -0.05) is 12.2 Å². The van der Waals surface area contributed by atoms with Gasteiger partial charge in [-0.15, -0.1) is 0 Å². The third kappa shape index (κ3) is 4.33. The van der Waals surface area contributed by atoms with Gasteiger partial charge in [0.2, 0.25) is 0 Å². The van der Waals surface area contributed by atoms with E-state index in [9.17, 15) is 14.3 Å². The van der Waals surface area contributed by atoms with Crippen LogP contribution in [0, 0.1) is 5.41 Å². The molecule has 2 aromatic heterocycles. The predicted octanol–water partition coefficient (Wildman–Crippen LogP) is 3.38. The van der Waals surface area contributed by atoms with Crippen molar-refractivity contribution in [1.29, 1.82) is 0 Å². The number of nitrogens with two attached hydrogens (primary N) is 1. The van der Waals surface area contributed by atoms with Crippen molar-refractivity contribution < 1.29 is 23.8 Å². The predicted molar refractivity (Wildman–Crippen MR) is 122 cm³/mol. The number of alkyl halides is 1. The molecule has 0 spiro atoms. The van der Waals surface area contributed by atoms with Gasteiger partial charge in [0.25, 0.3) is 0 Å². The van der Waals surface area contributed by atoms with Crippen molar-refractivity contribution in [2.24, 2.45) is 5.41 Å². The van der Waals surface area contributed by atoms with E-state index in [4.69, 9.17) is 15.2 Å². The Kier molecular flexibility index (Phi) is 5.82. The van der Waals surface area contributed by atoms with E-state index in [1.54, 1.807) is 10.8 Å². The van der Waals surface area contributed by atoms with Gasteiger partial charge >= 0.3 is 6.09 Å². The molecule has 178 valence electrons. The highest BCUT2D eigenvalue weighted by Gasteiger charge is 2.68. The Morgan fingerprint density at radius 3 is 3.00 bits per heavy atom. The van der Waals surface area contributed by atoms with Crippen LogP contribution in [0.1, 0.15) is 44.8 Å². The number of hydrogen-bond acceptors (Lipinski definition) is 7. The molecular formula is C22H27BrFN5O4. The number of carbonyl (C=O) groups excluding carboxylic acids is 1. The van der Waals surface area contributed by atoms with Gasteiger partial charge in [0.15, 0.2) is 6.23 Å². The van der Waals surface area contributed by atoms with Crippen LogP contribution in [0.4, 0.5) is 15.0 Å². The third-order valence-electron chi connectivity index (χ3n) is 6.77. The number of nitrogens with zero attached hydrogens (tertiary/aromatic N) is 3. The van der Waals surface area contributed by atoms with Crippen molar-refractivity contribution in [1.82, 2.24) is 19.9 Å². The number of amides is 1. The molecule has 2 bridgehead atoms. The molecule has 3 saturated carbocycles. The zero-order chi connectivity index (χ0) is 23.2. The summed E-state index contributed by atoms with van der Waals surface area (Å²) in [7, 11) is 0. The van der Waals surface area contributed by atoms with Crippen molar-refractivity contribution in [3.8, 4) is 0 Å². The van der Waals surface area contributed by atoms with Crippen LogP contribution in [0.25, 0.3) is 11.0 Å². The number of carbonyl (C=O) groups is 1. The minimum absolute atomic E-state index is 0.0250. The lowest BCUT2D eigenvalue weighted by Gasteiger charge is -2.65. The van der Waals surface area contributed by atoms with Crippen LogP contribution in [-0.4, -0.2) is 56.8 Å². The second-order valence-corrected chi connectivity index (χ2v) is 10.3. The van der Waals surface area contributed by atoms with Crippen molar-refractivity contribution >= 4 is 38.9 Å². The molecule has 4 N–H and O–H groups in total. The Bertz CT molecular complexity index is 1070. The number of halogens is 2. The standard InChI is InChI=1S/C22H27BrFN5O4/c23-14-7-29(18-16(14)17(25)27-12-28-18)19-15(30)6-13(33-19)4-2-1-3-5-32-20(31)26-11-21-8-22(24,9-21)10-21/h2,4,7,12-13,15,19,30H,1,3,5-6,8-11H2,(H,26,31)(H2,25,27,28)/b4-2+/t13-,15-,19-,21?,22?/m1/s1. The fraction of sp³-hybridized carbons (Fsp3) is 0.591. The number of anilines is 1. The molecule has 2 aromatic rings. The zero-order valence-corrected chi connectivity index (χ0v) is 19.6. The second kappa shape index (κ2) is 8.52. The van der Waals surface area contributed by atoms with Crippen LogP contribution in [0.2, 0.25) is 0 Å². The molecular weight excluding hydrogens is 497 g/mol. The molecule has 0 aromatic carbocycles. The molecule has 4 aliphatic rings. The Morgan fingerprint density at radius 2 is 2.24 bits per heavy atom. The largest absolute Gasteiger partial charge is 0.450 e. The van der Waals surface area contributed by atoms with E-state index in [-0.39, 0.29) is 11.5 Å². The van der Waals surface area contributed by atoms with Crippen LogP contribution in [0.3, 0.4) is 0 Å². The number of hydrogen-bond donors (Lipinski definition) is 3. The quantitative estimate of drug-likeness (QED) is 0.357. The Hall–Kier alpha value is -2.24. The van der Waals surface area contributed by atoms with Gasteiger partial charge in [0, 0.05) is 23.6 Å². The van der Waals surface area contributed by atoms with Crippen molar-refractivity contribution in [3.63, 3.8) is 0 Å². The Labute approximate surface area is 198 Å². The first-order valence-electron chi connectivity index (χ1n) is 11.1. The number of ether oxygens (including phenoxy) is 2. The van der Waals surface area contributed by atoms with Crippen molar-refractivity contribution in [3.05, 3.63) is 29.1 Å². The molecule has 33 heavy (non-hydrogen) atoms. The van der Waals surface area contributed by atoms with Crippen LogP contribution >= 0.6 is 15.9 Å². The second-order valence-electron chi connectivity index (χ2n) is 9.45. The maximum absolute atomic E-state index is 13.5. The molecule has 9 nitrogen and oxygen atoms in total. The molecule has 4 fully saturated rings. The molecule has 0 radical (unpaired) electrons. The van der Waals surface area contributed by atoms with E-state index < -0.39 is 24.1 Å². The number of alkyl carbamates (subject to hydrolysis) is 1. The summed E-state index contributed by atoms with van der Waals surface area (Å²) in [5.41, 5.74) is 5.57. The van der Waals surface area contributed by atoms with Gasteiger partial charge in [-0.05, 0) is 53.4 Å². The van der Waals surface area contributed by atoms with Crippen LogP contribution < -0.4 is 11.1 Å². The lowest BCUT2D eigenvalue weighted by molar-refractivity contribution is -0.209. The highest BCUT2D eigenvalue weighted by atomic mass is 79.9. The molecule has 1 aliphatic heterocycles. The SMILES string of the molecule is Nc1ncnc2c1c(Br)cn2[C@@H]1O[C@H](/C=C/CCCOC(=O)NCC23CC(F)(C2)C3)C[C@H]1O. The fourth-order valence-electron chi connectivity index (χ4n) is 5.28. The van der Waals surface area contributed by atoms with Gasteiger partial charge in [-0.2, -0.15) is 0 Å². The molecule has 3 atom stereocenters. The minimum atomic E-state index is -0.952. The summed E-state index contributed by atoms with van der Waals surface area (Å²) >= 11 is 3.47. The fourth-order valence-corrected chi connectivity index (χ4v) is 5.88. The maximum Gasteiger partial charge on any atom is 0.407 e. The number of allylic oxidation sites excluding steroid dienone is 1. The number of aliphatic hydroxyl groups excluding tert-OH is 1. The summed E-state index contributed by atoms with van der Waals surface area (Å²) in [5.74, 6) is 0.359. The summed E-state index contributed by atoms with van der Waals surface area (Å²) in [5, 5.41) is 14.0. The van der Waals surface area contributed by atoms with E-state index in [1.807, 2.05) is 12.2 Å². The molecule has 1 saturated heterocycles. The van der Waals surface area contributed by atoms with Crippen LogP contribution in [0.15, 0.2) is 29.1 Å². The van der Waals surface area contributed by atoms with E-state index >= 15 is 0 Å². The first-order valence-corrected chi connectivity index (χ1v) is 11.9. The molecule has 3 heterocycles. The molecule has 11 heteroatoms. The summed E-state index contributed by atoms with van der Waals surface area (Å²) in [6, 6.07) is 0. The lowest BCUT2D eigenvalue weighted by Crippen LogP contribution is -2.67. The summed E-state index contributed by atoms with van der Waals surface area (Å²) in [6.07, 6.45) is 8.62. The molecule has 6 rings (SSSR count). The Balaban J connectivity index is 1.04. The average Bonchev–Trinajstić information content (AvgIpc) is 3.26. The van der Waals surface area contributed by atoms with Gasteiger partial charge in [-0.3, -0.25) is 0 Å². The highest BCUT2D eigenvalue weighted by Crippen LogP contribution is 2.69. The van der Waals surface area contributed by atoms with Gasteiger partial charge < -0.3 is 30.2 Å². The summed E-state index contributed by atoms with van der Waals surface area (Å²) in [6.45, 7) is 0.795. The topological polar surface area (TPSA) is 125 Å². The molecule has 3 aliphatic carbocycles. The normalized spacial score (nSPS) is 32.6. The first-order chi connectivity index (χ1) is 15.8. The van der Waals surface area contributed by atoms with Gasteiger partial charge in [0.05, 0.1) is 18.1 Å². The number of nitrogens with one attached hydrogen (secondary N) is 1. The van der Waals surface area contributed by atoms with E-state index in [2.05, 4.69) is 31.2 Å². The average molecular weight is 524 g/mol. The summed E-state index contributed by atoms with van der Waals surface area (Å²) in [4.78, 5) is 20.1. The zero-order valence-electron chi connectivity index (χ0n) is 18.0. The maximum atomic E-state index is 13.5. The van der Waals surface area contributed by atoms with E-state index in [0.717, 1.165) is 4.47 Å². The molecule has 0 unspecified atom stereocenters. The highest BCUT2D eigenvalue weighted by molar-refractivity contribution is 9.10. The van der Waals surface area contributed by atoms with E-state index in [0.29, 0.717) is 68.5 Å². The van der Waals surface area contributed by atoms with Crippen molar-refractivity contribution in [2.45, 2.75) is 62.6 Å². The monoisotopic (exact) mass is 523 g/mol. The number of aliphatic hydroxyl groups is 1. The number of nitrogen functional groups attached to an aromatic ring is 1. The van der Waals surface area contributed by atoms with Gasteiger partial charge in [-0.25, -0.2) is 19.2 Å². The smallest absolute Gasteiger partial charge is 0.407 e. The van der Waals surface area contributed by atoms with Crippen LogP contribution in [0.5, 0.6) is 0 Å². The Morgan fingerprint density at radius 1 is 1.45 bits per heavy atom. The first kappa shape index (κ1) is 22.5. The van der Waals surface area contributed by atoms with Gasteiger partial charge in [0.1, 0.15) is 29.6 Å². The number of fused-ring (bicyclic) bond motifs is 1. The summed E-state index contributed by atoms with van der Waals surface area (Å²) < 4.78 is 27.2. The minimum Gasteiger partial charge on any atom is -0.450 e. The number of rotatable bonds is 8. The lowest BCUT2D eigenvalue weighted by atomic mass is 9.42. The third-order valence-corrected chi connectivity index (χ3v) is 7.37. The van der Waals surface area contributed by atoms with Crippen molar-refractivity contribution in [2.75, 3.05) is 18.9 Å². The number of aromatic nitrogens is 3. The van der Waals surface area contributed by atoms with Crippen LogP contribution in [-0.2, 0) is 9.47 Å².